The number of fused-ring (bicyclic) bond motifs is 1. The van der Waals surface area contributed by atoms with Crippen LogP contribution in [0.1, 0.15) is 36.9 Å². The molecule has 1 aromatic heterocycles. The highest BCUT2D eigenvalue weighted by molar-refractivity contribution is 7.89. The lowest BCUT2D eigenvalue weighted by molar-refractivity contribution is -0.120. The Morgan fingerprint density at radius 1 is 1.05 bits per heavy atom. The molecule has 1 aliphatic carbocycles. The normalized spacial score (nSPS) is 20.2. The van der Waals surface area contributed by atoms with Gasteiger partial charge in [-0.05, 0) is 67.6 Å². The van der Waals surface area contributed by atoms with E-state index in [0.717, 1.165) is 30.4 Å². The summed E-state index contributed by atoms with van der Waals surface area (Å²) in [6.07, 6.45) is 3.23. The van der Waals surface area contributed by atoms with Gasteiger partial charge in [-0.25, -0.2) is 8.42 Å². The van der Waals surface area contributed by atoms with E-state index in [1.54, 1.807) is 24.3 Å². The number of carbonyl (C=O) groups excluding carboxylic acids is 1. The number of Topliss-reactive ketones (excluding diaryl/α,β-unsaturated/α-hetero) is 1. The lowest BCUT2D eigenvalue weighted by atomic mass is 9.88. The van der Waals surface area contributed by atoms with Crippen LogP contribution in [0.25, 0.3) is 11.3 Å². The molecule has 2 aliphatic heterocycles. The van der Waals surface area contributed by atoms with Crippen LogP contribution in [0.3, 0.4) is 0 Å². The van der Waals surface area contributed by atoms with E-state index < -0.39 is 15.4 Å². The molecule has 192 valence electrons. The van der Waals surface area contributed by atoms with Crippen molar-refractivity contribution < 1.29 is 27.8 Å². The third-order valence-electron chi connectivity index (χ3n) is 7.65. The Bertz CT molecular complexity index is 1450. The zero-order valence-electron chi connectivity index (χ0n) is 20.3. The summed E-state index contributed by atoms with van der Waals surface area (Å²) in [5.74, 6) is 1.51. The first-order valence-electron chi connectivity index (χ1n) is 12.5. The lowest BCUT2D eigenvalue weighted by Gasteiger charge is -2.22. The zero-order chi connectivity index (χ0) is 25.6. The molecule has 2 aromatic carbocycles. The molecule has 37 heavy (non-hydrogen) atoms. The van der Waals surface area contributed by atoms with Gasteiger partial charge in [-0.2, -0.15) is 4.31 Å². The van der Waals surface area contributed by atoms with E-state index >= 15 is 0 Å². The molecule has 1 atom stereocenters. The van der Waals surface area contributed by atoms with Gasteiger partial charge in [-0.15, -0.1) is 0 Å². The number of hydrogen-bond donors (Lipinski definition) is 1. The van der Waals surface area contributed by atoms with Crippen molar-refractivity contribution in [2.45, 2.75) is 48.5 Å². The summed E-state index contributed by atoms with van der Waals surface area (Å²) in [4.78, 5) is 18.3. The maximum Gasteiger partial charge on any atom is 0.243 e. The second-order valence-electron chi connectivity index (χ2n) is 9.88. The van der Waals surface area contributed by atoms with Crippen LogP contribution in [-0.2, 0) is 26.7 Å². The topological polar surface area (TPSA) is 106 Å². The Labute approximate surface area is 215 Å². The highest BCUT2D eigenvalue weighted by atomic mass is 32.2. The van der Waals surface area contributed by atoms with Crippen LogP contribution in [0.5, 0.6) is 11.5 Å². The first-order chi connectivity index (χ1) is 17.9. The van der Waals surface area contributed by atoms with Crippen molar-refractivity contribution >= 4 is 15.8 Å². The van der Waals surface area contributed by atoms with Gasteiger partial charge in [0.1, 0.15) is 5.78 Å². The fraction of sp³-hybridized carbons (Fsp3) is 0.357. The number of benzene rings is 2. The molecule has 6 rings (SSSR count). The molecule has 1 N–H and O–H groups in total. The molecule has 9 heteroatoms. The van der Waals surface area contributed by atoms with E-state index in [4.69, 9.17) is 14.5 Å². The van der Waals surface area contributed by atoms with Crippen molar-refractivity contribution in [3.63, 3.8) is 0 Å². The van der Waals surface area contributed by atoms with Gasteiger partial charge in [0, 0.05) is 30.3 Å². The van der Waals surface area contributed by atoms with Gasteiger partial charge in [0.25, 0.3) is 0 Å². The second kappa shape index (κ2) is 9.24. The average Bonchev–Trinajstić information content (AvgIpc) is 3.35. The number of pyridine rings is 1. The summed E-state index contributed by atoms with van der Waals surface area (Å²) in [6, 6.07) is 17.6. The first-order valence-corrected chi connectivity index (χ1v) is 14.0. The molecular formula is C28H28N2O6S. The van der Waals surface area contributed by atoms with Gasteiger partial charge in [0.15, 0.2) is 11.5 Å². The number of aliphatic hydroxyl groups is 1. The van der Waals surface area contributed by atoms with Crippen molar-refractivity contribution in [3.05, 3.63) is 71.9 Å². The summed E-state index contributed by atoms with van der Waals surface area (Å²) >= 11 is 0. The minimum atomic E-state index is -3.67. The monoisotopic (exact) mass is 520 g/mol. The summed E-state index contributed by atoms with van der Waals surface area (Å²) in [5.41, 5.74) is 2.57. The maximum atomic E-state index is 13.4. The molecule has 3 heterocycles. The van der Waals surface area contributed by atoms with E-state index in [-0.39, 0.29) is 36.5 Å². The van der Waals surface area contributed by atoms with Gasteiger partial charge in [0.2, 0.25) is 16.8 Å². The molecule has 2 fully saturated rings. The van der Waals surface area contributed by atoms with Gasteiger partial charge < -0.3 is 14.6 Å². The quantitative estimate of drug-likeness (QED) is 0.485. The van der Waals surface area contributed by atoms with Crippen molar-refractivity contribution in [3.8, 4) is 22.8 Å². The molecule has 0 radical (unpaired) electrons. The van der Waals surface area contributed by atoms with Crippen LogP contribution in [0, 0.1) is 0 Å². The number of aromatic nitrogens is 1. The Kier molecular flexibility index (Phi) is 6.01. The summed E-state index contributed by atoms with van der Waals surface area (Å²) in [7, 11) is -3.67. The van der Waals surface area contributed by atoms with E-state index in [2.05, 4.69) is 0 Å². The third kappa shape index (κ3) is 4.31. The van der Waals surface area contributed by atoms with Crippen LogP contribution in [-0.4, -0.2) is 54.6 Å². The Morgan fingerprint density at radius 2 is 1.84 bits per heavy atom. The van der Waals surface area contributed by atoms with Crippen LogP contribution < -0.4 is 9.47 Å². The molecule has 1 saturated carbocycles. The molecule has 8 nitrogen and oxygen atoms in total. The van der Waals surface area contributed by atoms with Crippen LogP contribution in [0.4, 0.5) is 0 Å². The third-order valence-corrected chi connectivity index (χ3v) is 9.61. The van der Waals surface area contributed by atoms with E-state index in [1.165, 1.54) is 4.31 Å². The number of ether oxygens (including phenoxy) is 2. The molecule has 0 unspecified atom stereocenters. The molecule has 3 aliphatic rings. The fourth-order valence-electron chi connectivity index (χ4n) is 5.36. The summed E-state index contributed by atoms with van der Waals surface area (Å²) in [5, 5.41) is 9.53. The highest BCUT2D eigenvalue weighted by Crippen LogP contribution is 2.51. The predicted molar refractivity (Wildman–Crippen MR) is 136 cm³/mol. The number of sulfonamides is 1. The lowest BCUT2D eigenvalue weighted by Crippen LogP contribution is -2.37. The van der Waals surface area contributed by atoms with Gasteiger partial charge in [-0.3, -0.25) is 9.78 Å². The number of nitrogens with zero attached hydrogens (tertiary/aromatic N) is 2. The molecule has 1 saturated heterocycles. The van der Waals surface area contributed by atoms with Crippen LogP contribution in [0.2, 0.25) is 0 Å². The van der Waals surface area contributed by atoms with Gasteiger partial charge in [-0.1, -0.05) is 24.3 Å². The minimum absolute atomic E-state index is 0.126. The van der Waals surface area contributed by atoms with Crippen LogP contribution >= 0.6 is 0 Å². The van der Waals surface area contributed by atoms with Crippen LogP contribution in [0.15, 0.2) is 65.6 Å². The molecule has 3 aromatic rings. The summed E-state index contributed by atoms with van der Waals surface area (Å²) < 4.78 is 38.4. The van der Waals surface area contributed by atoms with Crippen molar-refractivity contribution in [1.29, 1.82) is 0 Å². The standard InChI is InChI=1S/C28H28N2O6S/c31-17-22-4-2-14-30(22)37(33,34)23-9-6-19(7-10-23)24-5-1-3-21(29-24)16-27(32)28(12-13-28)20-8-11-25-26(15-20)36-18-35-25/h1,3,5-11,15,22,31H,2,4,12-14,16-18H2/t22-/m1/s1. The predicted octanol–water partition coefficient (Wildman–Crippen LogP) is 3.47. The SMILES string of the molecule is O=C(Cc1cccc(-c2ccc(S(=O)(=O)N3CCC[C@@H]3CO)cc2)n1)C1(c2ccc3c(c2)OCO3)CC1. The van der Waals surface area contributed by atoms with Crippen molar-refractivity contribution in [1.82, 2.24) is 9.29 Å². The Hall–Kier alpha value is -3.27. The zero-order valence-corrected chi connectivity index (χ0v) is 21.1. The maximum absolute atomic E-state index is 13.4. The minimum Gasteiger partial charge on any atom is -0.454 e. The van der Waals surface area contributed by atoms with E-state index in [1.807, 2.05) is 36.4 Å². The van der Waals surface area contributed by atoms with Gasteiger partial charge in [0.05, 0.1) is 22.6 Å². The Balaban J connectivity index is 1.19. The second-order valence-corrected chi connectivity index (χ2v) is 11.8. The van der Waals surface area contributed by atoms with E-state index in [0.29, 0.717) is 35.9 Å². The number of aliphatic hydroxyl groups excluding tert-OH is 1. The summed E-state index contributed by atoms with van der Waals surface area (Å²) in [6.45, 7) is 0.439. The van der Waals surface area contributed by atoms with Crippen molar-refractivity contribution in [2.75, 3.05) is 19.9 Å². The average molecular weight is 521 g/mol. The van der Waals surface area contributed by atoms with E-state index in [9.17, 15) is 18.3 Å². The molecule has 0 amide bonds. The Morgan fingerprint density at radius 3 is 2.59 bits per heavy atom. The highest BCUT2D eigenvalue weighted by Gasteiger charge is 2.51. The van der Waals surface area contributed by atoms with Crippen molar-refractivity contribution in [2.24, 2.45) is 0 Å². The number of rotatable bonds is 8. The molecule has 0 bridgehead atoms. The van der Waals surface area contributed by atoms with Gasteiger partial charge >= 0.3 is 0 Å². The largest absolute Gasteiger partial charge is 0.454 e. The number of carbonyl (C=O) groups is 1. The smallest absolute Gasteiger partial charge is 0.243 e. The molecular weight excluding hydrogens is 492 g/mol. The number of hydrogen-bond acceptors (Lipinski definition) is 7. The first kappa shape index (κ1) is 24.1. The number of ketones is 1. The fourth-order valence-corrected chi connectivity index (χ4v) is 7.05. The molecule has 0 spiro atoms.